The zero-order chi connectivity index (χ0) is 29.2. The molecule has 3 aliphatic rings. The predicted molar refractivity (Wildman–Crippen MR) is 161 cm³/mol. The van der Waals surface area contributed by atoms with Crippen LogP contribution in [0.15, 0.2) is 97.1 Å². The molecule has 1 spiro atoms. The van der Waals surface area contributed by atoms with Crippen LogP contribution < -0.4 is 14.4 Å². The first-order valence-electron chi connectivity index (χ1n) is 13.7. The second kappa shape index (κ2) is 9.71. The molecule has 7 heteroatoms. The molecule has 1 aliphatic carbocycles. The highest BCUT2D eigenvalue weighted by Crippen LogP contribution is 2.61. The summed E-state index contributed by atoms with van der Waals surface area (Å²) in [6.07, 6.45) is 3.86. The van der Waals surface area contributed by atoms with Gasteiger partial charge in [-0.3, -0.25) is 14.4 Å². The first-order chi connectivity index (χ1) is 20.4. The Bertz CT molecular complexity index is 1780. The zero-order valence-electron chi connectivity index (χ0n) is 22.9. The molecule has 208 valence electrons. The number of anilines is 1. The summed E-state index contributed by atoms with van der Waals surface area (Å²) in [5.74, 6) is -0.686. The minimum absolute atomic E-state index is 0.213. The molecule has 2 heterocycles. The Kier molecular flexibility index (Phi) is 6.06. The van der Waals surface area contributed by atoms with Crippen molar-refractivity contribution in [3.05, 3.63) is 130 Å². The lowest BCUT2D eigenvalue weighted by Crippen LogP contribution is -2.48. The molecular weight excluding hydrogens is 550 g/mol. The number of ether oxygens (including phenoxy) is 2. The number of hydrogen-bond donors (Lipinski definition) is 0. The van der Waals surface area contributed by atoms with Crippen LogP contribution in [0.2, 0.25) is 5.02 Å². The van der Waals surface area contributed by atoms with E-state index in [1.165, 1.54) is 7.11 Å². The summed E-state index contributed by atoms with van der Waals surface area (Å²) in [7, 11) is 3.08. The Hall–Kier alpha value is -4.68. The van der Waals surface area contributed by atoms with Gasteiger partial charge in [0.05, 0.1) is 20.3 Å². The van der Waals surface area contributed by atoms with Crippen LogP contribution in [-0.4, -0.2) is 43.7 Å². The molecule has 4 aromatic carbocycles. The number of para-hydroxylation sites is 1. The van der Waals surface area contributed by atoms with Crippen molar-refractivity contribution in [2.24, 2.45) is 5.41 Å². The molecule has 4 aromatic rings. The molecule has 3 atom stereocenters. The summed E-state index contributed by atoms with van der Waals surface area (Å²) in [4.78, 5) is 46.2. The first kappa shape index (κ1) is 26.2. The van der Waals surface area contributed by atoms with Crippen molar-refractivity contribution in [3.8, 4) is 11.5 Å². The molecule has 0 aromatic heterocycles. The van der Waals surface area contributed by atoms with Gasteiger partial charge in [-0.1, -0.05) is 72.3 Å². The number of rotatable bonds is 5. The van der Waals surface area contributed by atoms with E-state index in [1.807, 2.05) is 47.4 Å². The van der Waals surface area contributed by atoms with E-state index >= 15 is 0 Å². The minimum Gasteiger partial charge on any atom is -0.493 e. The lowest BCUT2D eigenvalue weighted by molar-refractivity contribution is 0.0665. The van der Waals surface area contributed by atoms with Gasteiger partial charge in [0.2, 0.25) is 0 Å². The van der Waals surface area contributed by atoms with Crippen molar-refractivity contribution >= 4 is 40.7 Å². The predicted octanol–water partition coefficient (Wildman–Crippen LogP) is 6.67. The van der Waals surface area contributed by atoms with Crippen molar-refractivity contribution in [3.63, 3.8) is 0 Å². The number of benzene rings is 4. The van der Waals surface area contributed by atoms with E-state index in [-0.39, 0.29) is 17.3 Å². The van der Waals surface area contributed by atoms with E-state index in [0.29, 0.717) is 38.8 Å². The summed E-state index contributed by atoms with van der Waals surface area (Å²) in [5, 5.41) is 0.506. The number of ketones is 3. The van der Waals surface area contributed by atoms with Crippen molar-refractivity contribution in [2.45, 2.75) is 18.0 Å². The molecule has 42 heavy (non-hydrogen) atoms. The van der Waals surface area contributed by atoms with Gasteiger partial charge in [-0.2, -0.15) is 0 Å². The van der Waals surface area contributed by atoms with Crippen LogP contribution in [0.5, 0.6) is 11.5 Å². The van der Waals surface area contributed by atoms with E-state index in [1.54, 1.807) is 67.8 Å². The van der Waals surface area contributed by atoms with Crippen molar-refractivity contribution in [1.82, 2.24) is 0 Å². The van der Waals surface area contributed by atoms with Gasteiger partial charge in [-0.15, -0.1) is 0 Å². The highest BCUT2D eigenvalue weighted by atomic mass is 35.5. The van der Waals surface area contributed by atoms with Crippen LogP contribution >= 0.6 is 11.6 Å². The summed E-state index contributed by atoms with van der Waals surface area (Å²) >= 11 is 6.18. The molecule has 0 N–H and O–H groups in total. The molecule has 0 radical (unpaired) electrons. The van der Waals surface area contributed by atoms with Gasteiger partial charge in [-0.25, -0.2) is 0 Å². The highest BCUT2D eigenvalue weighted by molar-refractivity contribution is 6.32. The molecule has 2 aliphatic heterocycles. The standard InChI is InChI=1S/C35H26ClNO5/c1-41-27-17-13-22(19-28(27)42-2)30-31(32(38)21-11-15-23(36)16-12-21)37-26-10-6-3-7-20(26)14-18-29(37)35(30)33(39)24-8-4-5-9-25(24)34(35)40/h3-19,29-31H,1-2H3/t29-,30-,31+/m1/s1. The largest absolute Gasteiger partial charge is 0.493 e. The maximum atomic E-state index is 14.7. The van der Waals surface area contributed by atoms with Gasteiger partial charge in [0, 0.05) is 33.3 Å². The molecule has 1 fully saturated rings. The smallest absolute Gasteiger partial charge is 0.185 e. The number of halogens is 1. The summed E-state index contributed by atoms with van der Waals surface area (Å²) in [5.41, 5.74) is 1.92. The van der Waals surface area contributed by atoms with Crippen LogP contribution in [0.3, 0.4) is 0 Å². The topological polar surface area (TPSA) is 72.9 Å². The number of Topliss-reactive ketones (excluding diaryl/α,β-unsaturated/α-hetero) is 3. The minimum atomic E-state index is -1.60. The van der Waals surface area contributed by atoms with Crippen molar-refractivity contribution in [1.29, 1.82) is 0 Å². The quantitative estimate of drug-likeness (QED) is 0.195. The van der Waals surface area contributed by atoms with Crippen LogP contribution in [0.1, 0.15) is 48.1 Å². The highest BCUT2D eigenvalue weighted by Gasteiger charge is 2.71. The number of methoxy groups -OCH3 is 2. The Labute approximate surface area is 248 Å². The normalized spacial score (nSPS) is 21.2. The number of carbonyl (C=O) groups excluding carboxylic acids is 3. The molecule has 6 nitrogen and oxygen atoms in total. The monoisotopic (exact) mass is 575 g/mol. The molecule has 0 amide bonds. The maximum absolute atomic E-state index is 14.7. The van der Waals surface area contributed by atoms with E-state index in [0.717, 1.165) is 11.3 Å². The lowest BCUT2D eigenvalue weighted by atomic mass is 9.64. The van der Waals surface area contributed by atoms with Gasteiger partial charge in [0.1, 0.15) is 11.5 Å². The fourth-order valence-electron chi connectivity index (χ4n) is 7.12. The van der Waals surface area contributed by atoms with E-state index in [4.69, 9.17) is 21.1 Å². The number of fused-ring (bicyclic) bond motifs is 5. The number of nitrogens with zero attached hydrogens (tertiary/aromatic N) is 1. The average molecular weight is 576 g/mol. The SMILES string of the molecule is COc1ccc([C@@H]2[C@@H](C(=O)c3ccc(Cl)cc3)N3c4ccccc4C=C[C@@H]3C23C(=O)c2ccccc2C3=O)cc1OC. The van der Waals surface area contributed by atoms with Crippen molar-refractivity contribution in [2.75, 3.05) is 19.1 Å². The summed E-state index contributed by atoms with van der Waals surface area (Å²) in [6.45, 7) is 0. The Morgan fingerprint density at radius 2 is 1.45 bits per heavy atom. The van der Waals surface area contributed by atoms with Crippen LogP contribution in [0, 0.1) is 5.41 Å². The fourth-order valence-corrected chi connectivity index (χ4v) is 7.25. The second-order valence-electron chi connectivity index (χ2n) is 10.8. The van der Waals surface area contributed by atoms with Gasteiger partial charge < -0.3 is 14.4 Å². The average Bonchev–Trinajstić information content (AvgIpc) is 3.47. The summed E-state index contributed by atoms with van der Waals surface area (Å²) in [6, 6.07) is 25.2. The molecule has 0 saturated carbocycles. The van der Waals surface area contributed by atoms with Gasteiger partial charge in [-0.05, 0) is 53.6 Å². The van der Waals surface area contributed by atoms with Crippen LogP contribution in [0.4, 0.5) is 5.69 Å². The van der Waals surface area contributed by atoms with Gasteiger partial charge in [0.25, 0.3) is 0 Å². The third-order valence-electron chi connectivity index (χ3n) is 8.88. The lowest BCUT2D eigenvalue weighted by Gasteiger charge is -2.37. The molecular formula is C35H26ClNO5. The van der Waals surface area contributed by atoms with E-state index in [9.17, 15) is 14.4 Å². The van der Waals surface area contributed by atoms with E-state index < -0.39 is 23.4 Å². The second-order valence-corrected chi connectivity index (χ2v) is 11.2. The summed E-state index contributed by atoms with van der Waals surface area (Å²) < 4.78 is 11.1. The molecule has 7 rings (SSSR count). The van der Waals surface area contributed by atoms with Crippen molar-refractivity contribution < 1.29 is 23.9 Å². The first-order valence-corrected chi connectivity index (χ1v) is 14.1. The van der Waals surface area contributed by atoms with Gasteiger partial charge in [0.15, 0.2) is 28.8 Å². The third kappa shape index (κ3) is 3.48. The molecule has 1 saturated heterocycles. The Balaban J connectivity index is 1.55. The molecule has 0 bridgehead atoms. The van der Waals surface area contributed by atoms with E-state index in [2.05, 4.69) is 0 Å². The zero-order valence-corrected chi connectivity index (χ0v) is 23.7. The third-order valence-corrected chi connectivity index (χ3v) is 9.13. The molecule has 0 unspecified atom stereocenters. The fraction of sp³-hybridized carbons (Fsp3) is 0.171. The van der Waals surface area contributed by atoms with Gasteiger partial charge >= 0.3 is 0 Å². The number of hydrogen-bond acceptors (Lipinski definition) is 6. The maximum Gasteiger partial charge on any atom is 0.185 e. The Morgan fingerprint density at radius 3 is 2.12 bits per heavy atom. The Morgan fingerprint density at radius 1 is 0.810 bits per heavy atom. The van der Waals surface area contributed by atoms with Crippen LogP contribution in [-0.2, 0) is 0 Å². The number of carbonyl (C=O) groups is 3. The van der Waals surface area contributed by atoms with Crippen LogP contribution in [0.25, 0.3) is 6.08 Å².